The molecule has 0 spiro atoms. The number of hydrogen-bond acceptors (Lipinski definition) is 3. The molecule has 1 heterocycles. The zero-order valence-corrected chi connectivity index (χ0v) is 23.1. The smallest absolute Gasteiger partial charge is 0.306 e. The molecule has 0 unspecified atom stereocenters. The van der Waals surface area contributed by atoms with Crippen LogP contribution in [-0.2, 0) is 31.0 Å². The van der Waals surface area contributed by atoms with E-state index in [2.05, 4.69) is 106 Å². The normalized spacial score (nSPS) is 12.1. The number of aromatic nitrogens is 2. The third kappa shape index (κ3) is 6.38. The van der Waals surface area contributed by atoms with E-state index < -0.39 is 0 Å². The van der Waals surface area contributed by atoms with Crippen LogP contribution in [0.1, 0.15) is 63.8 Å². The molecule has 194 valence electrons. The average molecular weight is 498 g/mol. The first-order valence-electron chi connectivity index (χ1n) is 12.8. The van der Waals surface area contributed by atoms with E-state index in [1.807, 2.05) is 25.2 Å². The first kappa shape index (κ1) is 26.4. The lowest BCUT2D eigenvalue weighted by Crippen LogP contribution is -2.44. The molecule has 1 aromatic heterocycles. The zero-order valence-electron chi connectivity index (χ0n) is 23.1. The maximum absolute atomic E-state index is 13.5. The summed E-state index contributed by atoms with van der Waals surface area (Å²) in [5, 5.41) is 9.99. The van der Waals surface area contributed by atoms with Crippen molar-refractivity contribution in [2.75, 3.05) is 5.32 Å². The summed E-state index contributed by atoms with van der Waals surface area (Å²) in [7, 11) is 1.90. The van der Waals surface area contributed by atoms with Gasteiger partial charge in [0.05, 0.1) is 23.9 Å². The highest BCUT2D eigenvalue weighted by atomic mass is 16.2. The standard InChI is InChI=1S/C31H39N5O/c1-30(2,3)24-15-11-22(12-16-24)19-33-36(21-23-13-17-25(18-14-23)31(4,5)6)29(37)34-27-9-8-10-28-26(27)20-32-35(28)7/h8-18,20,33H,19,21H2,1-7H3,(H,34,37). The lowest BCUT2D eigenvalue weighted by molar-refractivity contribution is 0.177. The summed E-state index contributed by atoms with van der Waals surface area (Å²) in [6.45, 7) is 14.2. The van der Waals surface area contributed by atoms with Crippen molar-refractivity contribution in [2.45, 2.75) is 65.5 Å². The van der Waals surface area contributed by atoms with Crippen LogP contribution in [0.5, 0.6) is 0 Å². The number of amides is 2. The molecule has 6 nitrogen and oxygen atoms in total. The number of nitrogens with zero attached hydrogens (tertiary/aromatic N) is 3. The van der Waals surface area contributed by atoms with Crippen LogP contribution in [-0.4, -0.2) is 20.8 Å². The Hall–Kier alpha value is -3.64. The Labute approximate surface area is 220 Å². The van der Waals surface area contributed by atoms with Crippen LogP contribution in [0.4, 0.5) is 10.5 Å². The van der Waals surface area contributed by atoms with Gasteiger partial charge in [0.2, 0.25) is 0 Å². The Morgan fingerprint density at radius 1 is 0.838 bits per heavy atom. The molecule has 3 aromatic carbocycles. The first-order valence-corrected chi connectivity index (χ1v) is 12.8. The molecule has 0 aliphatic rings. The predicted molar refractivity (Wildman–Crippen MR) is 152 cm³/mol. The number of carbonyl (C=O) groups is 1. The van der Waals surface area contributed by atoms with E-state index in [0.29, 0.717) is 13.1 Å². The number of fused-ring (bicyclic) bond motifs is 1. The lowest BCUT2D eigenvalue weighted by Gasteiger charge is -2.25. The van der Waals surface area contributed by atoms with E-state index in [-0.39, 0.29) is 16.9 Å². The van der Waals surface area contributed by atoms with Crippen LogP contribution in [0.15, 0.2) is 72.9 Å². The number of hydrazine groups is 1. The number of anilines is 1. The maximum atomic E-state index is 13.5. The molecule has 4 aromatic rings. The molecule has 37 heavy (non-hydrogen) atoms. The average Bonchev–Trinajstić information content (AvgIpc) is 3.23. The Morgan fingerprint density at radius 3 is 1.97 bits per heavy atom. The number of rotatable bonds is 6. The van der Waals surface area contributed by atoms with Crippen LogP contribution < -0.4 is 10.7 Å². The molecular formula is C31H39N5O. The number of aryl methyl sites for hydroxylation is 1. The van der Waals surface area contributed by atoms with E-state index in [1.54, 1.807) is 15.9 Å². The molecule has 0 radical (unpaired) electrons. The summed E-state index contributed by atoms with van der Waals surface area (Å²) in [6.07, 6.45) is 1.78. The van der Waals surface area contributed by atoms with E-state index in [4.69, 9.17) is 0 Å². The molecule has 4 rings (SSSR count). The number of urea groups is 1. The van der Waals surface area contributed by atoms with Crippen molar-refractivity contribution in [3.05, 3.63) is 95.2 Å². The molecule has 0 aliphatic heterocycles. The van der Waals surface area contributed by atoms with Gasteiger partial charge in [0.15, 0.2) is 0 Å². The second-order valence-electron chi connectivity index (χ2n) is 11.8. The molecular weight excluding hydrogens is 458 g/mol. The van der Waals surface area contributed by atoms with Gasteiger partial charge in [0.1, 0.15) is 0 Å². The number of benzene rings is 3. The maximum Gasteiger partial charge on any atom is 0.336 e. The molecule has 6 heteroatoms. The molecule has 0 bridgehead atoms. The van der Waals surface area contributed by atoms with Gasteiger partial charge in [0, 0.05) is 19.0 Å². The molecule has 0 fully saturated rings. The van der Waals surface area contributed by atoms with Crippen LogP contribution in [0.3, 0.4) is 0 Å². The monoisotopic (exact) mass is 497 g/mol. The molecule has 0 saturated heterocycles. The Morgan fingerprint density at radius 2 is 1.41 bits per heavy atom. The van der Waals surface area contributed by atoms with Crippen LogP contribution in [0, 0.1) is 0 Å². The Kier molecular flexibility index (Phi) is 7.42. The highest BCUT2D eigenvalue weighted by Gasteiger charge is 2.18. The SMILES string of the molecule is Cn1ncc2c(NC(=O)N(Cc3ccc(C(C)(C)C)cc3)NCc3ccc(C(C)(C)C)cc3)cccc21. The van der Waals surface area contributed by atoms with Gasteiger partial charge < -0.3 is 5.32 Å². The fraction of sp³-hybridized carbons (Fsp3) is 0.355. The fourth-order valence-electron chi connectivity index (χ4n) is 4.27. The third-order valence-electron chi connectivity index (χ3n) is 6.73. The van der Waals surface area contributed by atoms with Gasteiger partial charge in [-0.25, -0.2) is 10.2 Å². The van der Waals surface area contributed by atoms with Gasteiger partial charge in [-0.05, 0) is 45.2 Å². The molecule has 0 atom stereocenters. The lowest BCUT2D eigenvalue weighted by atomic mass is 9.87. The second kappa shape index (κ2) is 10.4. The van der Waals surface area contributed by atoms with Gasteiger partial charge in [-0.1, -0.05) is 96.1 Å². The van der Waals surface area contributed by atoms with Crippen molar-refractivity contribution in [1.82, 2.24) is 20.2 Å². The van der Waals surface area contributed by atoms with Gasteiger partial charge >= 0.3 is 6.03 Å². The summed E-state index contributed by atoms with van der Waals surface area (Å²) in [5.74, 6) is 0. The van der Waals surface area contributed by atoms with Crippen molar-refractivity contribution in [2.24, 2.45) is 7.05 Å². The quantitative estimate of drug-likeness (QED) is 0.285. The minimum atomic E-state index is -0.220. The second-order valence-corrected chi connectivity index (χ2v) is 11.8. The van der Waals surface area contributed by atoms with E-state index in [1.165, 1.54) is 11.1 Å². The summed E-state index contributed by atoms with van der Waals surface area (Å²) < 4.78 is 1.80. The minimum absolute atomic E-state index is 0.0788. The molecule has 0 saturated carbocycles. The number of carbonyl (C=O) groups excluding carboxylic acids is 1. The third-order valence-corrected chi connectivity index (χ3v) is 6.73. The Bertz CT molecular complexity index is 1360. The zero-order chi connectivity index (χ0) is 26.8. The molecule has 2 amide bonds. The number of nitrogens with one attached hydrogen (secondary N) is 2. The van der Waals surface area contributed by atoms with Crippen molar-refractivity contribution < 1.29 is 4.79 Å². The highest BCUT2D eigenvalue weighted by Crippen LogP contribution is 2.25. The van der Waals surface area contributed by atoms with Crippen molar-refractivity contribution in [3.63, 3.8) is 0 Å². The number of hydrogen-bond donors (Lipinski definition) is 2. The van der Waals surface area contributed by atoms with Crippen molar-refractivity contribution >= 4 is 22.6 Å². The topological polar surface area (TPSA) is 62.2 Å². The van der Waals surface area contributed by atoms with E-state index in [9.17, 15) is 4.79 Å². The van der Waals surface area contributed by atoms with Gasteiger partial charge in [-0.3, -0.25) is 9.69 Å². The summed E-state index contributed by atoms with van der Waals surface area (Å²) in [4.78, 5) is 13.5. The van der Waals surface area contributed by atoms with Gasteiger partial charge in [-0.15, -0.1) is 0 Å². The summed E-state index contributed by atoms with van der Waals surface area (Å²) >= 11 is 0. The fourth-order valence-corrected chi connectivity index (χ4v) is 4.27. The summed E-state index contributed by atoms with van der Waals surface area (Å²) in [6, 6.07) is 22.7. The highest BCUT2D eigenvalue weighted by molar-refractivity contribution is 6.00. The van der Waals surface area contributed by atoms with Gasteiger partial charge in [0.25, 0.3) is 0 Å². The van der Waals surface area contributed by atoms with Crippen molar-refractivity contribution in [3.8, 4) is 0 Å². The molecule has 2 N–H and O–H groups in total. The van der Waals surface area contributed by atoms with E-state index in [0.717, 1.165) is 27.7 Å². The van der Waals surface area contributed by atoms with Gasteiger partial charge in [-0.2, -0.15) is 5.10 Å². The largest absolute Gasteiger partial charge is 0.336 e. The molecule has 0 aliphatic carbocycles. The van der Waals surface area contributed by atoms with E-state index >= 15 is 0 Å². The van der Waals surface area contributed by atoms with Crippen LogP contribution >= 0.6 is 0 Å². The van der Waals surface area contributed by atoms with Crippen molar-refractivity contribution in [1.29, 1.82) is 0 Å². The van der Waals surface area contributed by atoms with Crippen LogP contribution in [0.25, 0.3) is 10.9 Å². The Balaban J connectivity index is 1.55. The van der Waals surface area contributed by atoms with Crippen LogP contribution in [0.2, 0.25) is 0 Å². The first-order chi connectivity index (χ1) is 17.4. The predicted octanol–water partition coefficient (Wildman–Crippen LogP) is 6.91. The summed E-state index contributed by atoms with van der Waals surface area (Å²) in [5.41, 5.74) is 9.97. The minimum Gasteiger partial charge on any atom is -0.306 e.